The normalized spacial score (nSPS) is 40.6. The minimum Gasteiger partial charge on any atom is -0.230 e. The Kier molecular flexibility index (Phi) is 2.10. The molecule has 2 nitrogen and oxygen atoms in total. The number of rotatable bonds is 1. The van der Waals surface area contributed by atoms with E-state index in [2.05, 4.69) is 0 Å². The lowest BCUT2D eigenvalue weighted by Gasteiger charge is -2.16. The van der Waals surface area contributed by atoms with Crippen LogP contribution in [-0.4, -0.2) is 25.3 Å². The third-order valence-corrected chi connectivity index (χ3v) is 4.09. The van der Waals surface area contributed by atoms with Crippen LogP contribution in [0.1, 0.15) is 12.8 Å². The number of halogens is 4. The second-order valence-electron chi connectivity index (χ2n) is 2.58. The lowest BCUT2D eigenvalue weighted by Crippen LogP contribution is -2.38. The van der Waals surface area contributed by atoms with Gasteiger partial charge < -0.3 is 0 Å². The highest BCUT2D eigenvalue weighted by molar-refractivity contribution is 7.93. The number of sulfone groups is 1. The Balaban J connectivity index is 3.11. The highest BCUT2D eigenvalue weighted by Gasteiger charge is 2.61. The van der Waals surface area contributed by atoms with E-state index in [1.807, 2.05) is 0 Å². The smallest absolute Gasteiger partial charge is 0.230 e. The first-order chi connectivity index (χ1) is 5.32. The van der Waals surface area contributed by atoms with Gasteiger partial charge in [-0.3, -0.25) is 0 Å². The molecule has 2 unspecified atom stereocenters. The average Bonchev–Trinajstić information content (AvgIpc) is 2.15. The van der Waals surface area contributed by atoms with E-state index in [-0.39, 0.29) is 0 Å². The zero-order valence-electron chi connectivity index (χ0n) is 5.81. The molecule has 2 atom stereocenters. The Morgan fingerprint density at radius 3 is 2.08 bits per heavy atom. The van der Waals surface area contributed by atoms with Gasteiger partial charge >= 0.3 is 0 Å². The number of hydrogen-bond donors (Lipinski definition) is 0. The van der Waals surface area contributed by atoms with Gasteiger partial charge in [0.2, 0.25) is 15.3 Å². The van der Waals surface area contributed by atoms with Crippen molar-refractivity contribution in [2.45, 2.75) is 29.8 Å². The summed E-state index contributed by atoms with van der Waals surface area (Å²) >= 11 is 0. The van der Waals surface area contributed by atoms with Crippen molar-refractivity contribution in [1.82, 2.24) is 0 Å². The van der Waals surface area contributed by atoms with Gasteiger partial charge in [0, 0.05) is 6.42 Å². The van der Waals surface area contributed by atoms with Crippen LogP contribution >= 0.6 is 0 Å². The van der Waals surface area contributed by atoms with Crippen LogP contribution in [0.2, 0.25) is 0 Å². The molecular weight excluding hydrogens is 200 g/mol. The zero-order valence-corrected chi connectivity index (χ0v) is 6.62. The molecule has 1 aliphatic heterocycles. The molecule has 0 aromatic carbocycles. The van der Waals surface area contributed by atoms with E-state index in [1.54, 1.807) is 0 Å². The standard InChI is InChI=1S/C5H6F4O2S/c6-3-1-2-5(9,4(7)8)12(3,10)11/h3-4H,1-2H2. The van der Waals surface area contributed by atoms with Crippen LogP contribution in [0.15, 0.2) is 0 Å². The molecule has 1 saturated heterocycles. The van der Waals surface area contributed by atoms with Gasteiger partial charge in [-0.2, -0.15) is 0 Å². The largest absolute Gasteiger partial charge is 0.286 e. The summed E-state index contributed by atoms with van der Waals surface area (Å²) in [6, 6.07) is 0. The van der Waals surface area contributed by atoms with Gasteiger partial charge in [-0.1, -0.05) is 0 Å². The van der Waals surface area contributed by atoms with Gasteiger partial charge in [0.25, 0.3) is 11.4 Å². The molecule has 0 spiro atoms. The van der Waals surface area contributed by atoms with Gasteiger partial charge in [-0.05, 0) is 6.42 Å². The van der Waals surface area contributed by atoms with Gasteiger partial charge in [-0.25, -0.2) is 26.0 Å². The number of hydrogen-bond acceptors (Lipinski definition) is 2. The minimum atomic E-state index is -4.95. The van der Waals surface area contributed by atoms with Crippen molar-refractivity contribution in [3.8, 4) is 0 Å². The SMILES string of the molecule is O=S1(=O)C(F)CCC1(F)C(F)F. The Morgan fingerprint density at radius 2 is 1.92 bits per heavy atom. The van der Waals surface area contributed by atoms with Crippen molar-refractivity contribution in [1.29, 1.82) is 0 Å². The Morgan fingerprint density at radius 1 is 1.42 bits per heavy atom. The highest BCUT2D eigenvalue weighted by atomic mass is 32.2. The summed E-state index contributed by atoms with van der Waals surface area (Å²) in [5.41, 5.74) is -2.49. The first-order valence-corrected chi connectivity index (χ1v) is 4.71. The summed E-state index contributed by atoms with van der Waals surface area (Å²) in [4.78, 5) is 0. The van der Waals surface area contributed by atoms with Crippen molar-refractivity contribution in [2.75, 3.05) is 0 Å². The van der Waals surface area contributed by atoms with Crippen LogP contribution in [-0.2, 0) is 9.84 Å². The van der Waals surface area contributed by atoms with E-state index in [0.29, 0.717) is 0 Å². The molecule has 7 heteroatoms. The zero-order chi connectivity index (χ0) is 9.57. The topological polar surface area (TPSA) is 34.1 Å². The van der Waals surface area contributed by atoms with Crippen LogP contribution in [0, 0.1) is 0 Å². The molecule has 0 aromatic heterocycles. The monoisotopic (exact) mass is 206 g/mol. The van der Waals surface area contributed by atoms with Gasteiger partial charge in [0.05, 0.1) is 0 Å². The first kappa shape index (κ1) is 9.76. The molecule has 0 radical (unpaired) electrons. The van der Waals surface area contributed by atoms with Crippen LogP contribution < -0.4 is 0 Å². The van der Waals surface area contributed by atoms with Gasteiger partial charge in [0.15, 0.2) is 0 Å². The molecule has 1 heterocycles. The molecule has 0 aromatic rings. The maximum absolute atomic E-state index is 12.9. The van der Waals surface area contributed by atoms with E-state index in [4.69, 9.17) is 0 Å². The second kappa shape index (κ2) is 2.58. The van der Waals surface area contributed by atoms with Crippen LogP contribution in [0.4, 0.5) is 17.6 Å². The van der Waals surface area contributed by atoms with E-state index >= 15 is 0 Å². The van der Waals surface area contributed by atoms with Crippen molar-refractivity contribution in [3.05, 3.63) is 0 Å². The van der Waals surface area contributed by atoms with Gasteiger partial charge in [0.1, 0.15) is 0 Å². The number of alkyl halides is 4. The van der Waals surface area contributed by atoms with Crippen LogP contribution in [0.5, 0.6) is 0 Å². The van der Waals surface area contributed by atoms with Crippen LogP contribution in [0.3, 0.4) is 0 Å². The fourth-order valence-electron chi connectivity index (χ4n) is 1.05. The van der Waals surface area contributed by atoms with Crippen molar-refractivity contribution < 1.29 is 26.0 Å². The molecule has 1 fully saturated rings. The molecule has 0 aliphatic carbocycles. The molecule has 72 valence electrons. The Bertz CT molecular complexity index is 275. The molecule has 0 amide bonds. The summed E-state index contributed by atoms with van der Waals surface area (Å²) in [5.74, 6) is 0. The summed E-state index contributed by atoms with van der Waals surface area (Å²) in [6.07, 6.45) is -5.33. The lowest BCUT2D eigenvalue weighted by molar-refractivity contribution is 0.0208. The summed E-state index contributed by atoms with van der Waals surface area (Å²) < 4.78 is 70.3. The molecule has 12 heavy (non-hydrogen) atoms. The molecule has 0 saturated carbocycles. The summed E-state index contributed by atoms with van der Waals surface area (Å²) in [5, 5.41) is -3.67. The highest BCUT2D eigenvalue weighted by Crippen LogP contribution is 2.43. The fraction of sp³-hybridized carbons (Fsp3) is 1.00. The fourth-order valence-corrected chi connectivity index (χ4v) is 2.56. The maximum Gasteiger partial charge on any atom is 0.286 e. The van der Waals surface area contributed by atoms with E-state index in [0.717, 1.165) is 0 Å². The van der Waals surface area contributed by atoms with E-state index in [1.165, 1.54) is 0 Å². The van der Waals surface area contributed by atoms with Crippen molar-refractivity contribution in [3.63, 3.8) is 0 Å². The van der Waals surface area contributed by atoms with Gasteiger partial charge in [-0.15, -0.1) is 0 Å². The van der Waals surface area contributed by atoms with E-state index < -0.39 is 39.6 Å². The first-order valence-electron chi connectivity index (χ1n) is 3.17. The maximum atomic E-state index is 12.9. The second-order valence-corrected chi connectivity index (χ2v) is 4.86. The Labute approximate surface area is 66.5 Å². The molecule has 1 aliphatic rings. The van der Waals surface area contributed by atoms with Crippen molar-refractivity contribution >= 4 is 9.84 Å². The molecule has 0 N–H and O–H groups in total. The predicted molar refractivity (Wildman–Crippen MR) is 32.9 cm³/mol. The third kappa shape index (κ3) is 1.02. The third-order valence-electron chi connectivity index (χ3n) is 1.85. The summed E-state index contributed by atoms with van der Waals surface area (Å²) in [6.45, 7) is 0. The quantitative estimate of drug-likeness (QED) is 0.608. The van der Waals surface area contributed by atoms with Crippen LogP contribution in [0.25, 0.3) is 0 Å². The average molecular weight is 206 g/mol. The molecule has 0 bridgehead atoms. The predicted octanol–water partition coefficient (Wildman–Crippen LogP) is 1.42. The van der Waals surface area contributed by atoms with E-state index in [9.17, 15) is 26.0 Å². The molecular formula is C5H6F4O2S. The minimum absolute atomic E-state index is 0.691. The lowest BCUT2D eigenvalue weighted by atomic mass is 10.2. The summed E-state index contributed by atoms with van der Waals surface area (Å²) in [7, 11) is -4.95. The molecule has 1 rings (SSSR count). The Hall–Kier alpha value is -0.330. The van der Waals surface area contributed by atoms with Crippen molar-refractivity contribution in [2.24, 2.45) is 0 Å².